The van der Waals surface area contributed by atoms with Crippen molar-refractivity contribution in [2.24, 2.45) is 0 Å². The quantitative estimate of drug-likeness (QED) is 0.764. The van der Waals surface area contributed by atoms with Gasteiger partial charge in [-0.25, -0.2) is 4.79 Å². The van der Waals surface area contributed by atoms with E-state index in [9.17, 15) is 4.79 Å². The summed E-state index contributed by atoms with van der Waals surface area (Å²) < 4.78 is 10.6. The minimum absolute atomic E-state index is 0.335. The first-order valence-corrected chi connectivity index (χ1v) is 7.61. The minimum Gasteiger partial charge on any atom is -0.495 e. The number of amides is 2. The van der Waals surface area contributed by atoms with Crippen LogP contribution in [0.5, 0.6) is 11.5 Å². The molecule has 0 aliphatic rings. The first-order valence-electron chi connectivity index (χ1n) is 6.85. The molecule has 0 saturated heterocycles. The second-order valence-electron chi connectivity index (χ2n) is 4.53. The van der Waals surface area contributed by atoms with Gasteiger partial charge in [-0.2, -0.15) is 0 Å². The Labute approximate surface area is 144 Å². The fourth-order valence-electron chi connectivity index (χ4n) is 1.81. The predicted molar refractivity (Wildman–Crippen MR) is 92.0 cm³/mol. The van der Waals surface area contributed by atoms with Crippen molar-refractivity contribution < 1.29 is 14.3 Å². The largest absolute Gasteiger partial charge is 0.495 e. The average molecular weight is 355 g/mol. The molecule has 0 saturated carbocycles. The Hall–Kier alpha value is -2.11. The van der Waals surface area contributed by atoms with E-state index in [0.717, 1.165) is 0 Å². The van der Waals surface area contributed by atoms with Gasteiger partial charge in [0.2, 0.25) is 0 Å². The molecule has 0 fully saturated rings. The molecule has 0 bridgehead atoms. The Balaban J connectivity index is 1.77. The molecule has 2 rings (SSSR count). The third kappa shape index (κ3) is 5.54. The maximum atomic E-state index is 11.9. The number of methoxy groups -OCH3 is 1. The number of ether oxygens (including phenoxy) is 2. The van der Waals surface area contributed by atoms with E-state index >= 15 is 0 Å². The highest BCUT2D eigenvalue weighted by molar-refractivity contribution is 6.31. The molecule has 0 radical (unpaired) electrons. The molecule has 0 spiro atoms. The summed E-state index contributed by atoms with van der Waals surface area (Å²) in [5.41, 5.74) is 0.496. The molecule has 122 valence electrons. The fraction of sp³-hybridized carbons (Fsp3) is 0.188. The second kappa shape index (κ2) is 8.50. The van der Waals surface area contributed by atoms with E-state index in [1.165, 1.54) is 7.11 Å². The molecule has 2 amide bonds. The zero-order chi connectivity index (χ0) is 16.7. The molecule has 7 heteroatoms. The third-order valence-electron chi connectivity index (χ3n) is 2.88. The van der Waals surface area contributed by atoms with Crippen LogP contribution in [-0.4, -0.2) is 26.3 Å². The lowest BCUT2D eigenvalue weighted by Gasteiger charge is -2.12. The van der Waals surface area contributed by atoms with Crippen LogP contribution in [0.15, 0.2) is 42.5 Å². The topological polar surface area (TPSA) is 59.6 Å². The second-order valence-corrected chi connectivity index (χ2v) is 5.40. The zero-order valence-corrected chi connectivity index (χ0v) is 13.9. The van der Waals surface area contributed by atoms with Gasteiger partial charge in [-0.05, 0) is 42.5 Å². The van der Waals surface area contributed by atoms with Crippen molar-refractivity contribution in [3.63, 3.8) is 0 Å². The number of urea groups is 1. The number of hydrogen-bond donors (Lipinski definition) is 2. The Bertz CT molecular complexity index is 663. The highest BCUT2D eigenvalue weighted by Gasteiger charge is 2.07. The summed E-state index contributed by atoms with van der Waals surface area (Å²) in [6.45, 7) is 0.680. The molecule has 0 aromatic heterocycles. The number of carbonyl (C=O) groups is 1. The first kappa shape index (κ1) is 17.2. The predicted octanol–water partition coefficient (Wildman–Crippen LogP) is 4.20. The molecule has 2 N–H and O–H groups in total. The van der Waals surface area contributed by atoms with Gasteiger partial charge in [0, 0.05) is 10.0 Å². The molecule has 23 heavy (non-hydrogen) atoms. The van der Waals surface area contributed by atoms with Crippen molar-refractivity contribution in [1.29, 1.82) is 0 Å². The van der Waals surface area contributed by atoms with Crippen LogP contribution in [0.25, 0.3) is 0 Å². The number of halogens is 2. The number of hydrogen-bond acceptors (Lipinski definition) is 3. The van der Waals surface area contributed by atoms with E-state index < -0.39 is 0 Å². The van der Waals surface area contributed by atoms with Crippen LogP contribution in [-0.2, 0) is 0 Å². The summed E-state index contributed by atoms with van der Waals surface area (Å²) in [6.07, 6.45) is 0. The Morgan fingerprint density at radius 1 is 1.09 bits per heavy atom. The third-order valence-corrected chi connectivity index (χ3v) is 3.37. The monoisotopic (exact) mass is 354 g/mol. The highest BCUT2D eigenvalue weighted by atomic mass is 35.5. The minimum atomic E-state index is -0.370. The van der Waals surface area contributed by atoms with Crippen LogP contribution in [0.3, 0.4) is 0 Å². The van der Waals surface area contributed by atoms with Crippen molar-refractivity contribution >= 4 is 34.9 Å². The zero-order valence-electron chi connectivity index (χ0n) is 12.4. The molecule has 5 nitrogen and oxygen atoms in total. The van der Waals surface area contributed by atoms with Crippen LogP contribution in [0.1, 0.15) is 0 Å². The van der Waals surface area contributed by atoms with Crippen molar-refractivity contribution in [1.82, 2.24) is 5.32 Å². The van der Waals surface area contributed by atoms with Gasteiger partial charge in [0.1, 0.15) is 18.1 Å². The molecule has 0 unspecified atom stereocenters. The number of benzene rings is 2. The average Bonchev–Trinajstić information content (AvgIpc) is 2.53. The normalized spacial score (nSPS) is 10.0. The summed E-state index contributed by atoms with van der Waals surface area (Å²) in [7, 11) is 1.52. The number of carbonyl (C=O) groups excluding carboxylic acids is 1. The van der Waals surface area contributed by atoms with Crippen molar-refractivity contribution in [3.05, 3.63) is 52.5 Å². The molecule has 2 aromatic rings. The van der Waals surface area contributed by atoms with Crippen LogP contribution < -0.4 is 20.1 Å². The maximum absolute atomic E-state index is 11.9. The van der Waals surface area contributed by atoms with Gasteiger partial charge >= 0.3 is 6.03 Å². The van der Waals surface area contributed by atoms with Gasteiger partial charge in [-0.15, -0.1) is 0 Å². The van der Waals surface area contributed by atoms with Gasteiger partial charge in [0.15, 0.2) is 0 Å². The molecular weight excluding hydrogens is 339 g/mol. The summed E-state index contributed by atoms with van der Waals surface area (Å²) in [5, 5.41) is 6.51. The fourth-order valence-corrected chi connectivity index (χ4v) is 2.11. The SMILES string of the molecule is COc1ccc(Cl)cc1NC(=O)NCCOc1ccc(Cl)cc1. The lowest BCUT2D eigenvalue weighted by molar-refractivity contribution is 0.247. The number of anilines is 1. The highest BCUT2D eigenvalue weighted by Crippen LogP contribution is 2.27. The Kier molecular flexibility index (Phi) is 6.38. The maximum Gasteiger partial charge on any atom is 0.319 e. The Morgan fingerprint density at radius 2 is 1.78 bits per heavy atom. The molecular formula is C16H16Cl2N2O3. The molecule has 0 aliphatic carbocycles. The van der Waals surface area contributed by atoms with E-state index in [2.05, 4.69) is 10.6 Å². The first-order chi connectivity index (χ1) is 11.1. The lowest BCUT2D eigenvalue weighted by Crippen LogP contribution is -2.32. The number of rotatable bonds is 6. The number of nitrogens with one attached hydrogen (secondary N) is 2. The van der Waals surface area contributed by atoms with Gasteiger partial charge in [-0.1, -0.05) is 23.2 Å². The molecule has 2 aromatic carbocycles. The van der Waals surface area contributed by atoms with Crippen LogP contribution in [0.2, 0.25) is 10.0 Å². The van der Waals surface area contributed by atoms with E-state index in [-0.39, 0.29) is 6.03 Å². The summed E-state index contributed by atoms with van der Waals surface area (Å²) >= 11 is 11.7. The summed E-state index contributed by atoms with van der Waals surface area (Å²) in [5.74, 6) is 1.22. The lowest BCUT2D eigenvalue weighted by atomic mass is 10.3. The van der Waals surface area contributed by atoms with Gasteiger partial charge in [0.05, 0.1) is 19.3 Å². The van der Waals surface area contributed by atoms with Crippen LogP contribution in [0, 0.1) is 0 Å². The van der Waals surface area contributed by atoms with Crippen molar-refractivity contribution in [2.75, 3.05) is 25.6 Å². The smallest absolute Gasteiger partial charge is 0.319 e. The Morgan fingerprint density at radius 3 is 2.48 bits per heavy atom. The van der Waals surface area contributed by atoms with E-state index in [0.29, 0.717) is 40.4 Å². The van der Waals surface area contributed by atoms with E-state index in [4.69, 9.17) is 32.7 Å². The summed E-state index contributed by atoms with van der Waals surface area (Å²) in [4.78, 5) is 11.9. The van der Waals surface area contributed by atoms with E-state index in [1.54, 1.807) is 42.5 Å². The molecule has 0 heterocycles. The van der Waals surface area contributed by atoms with Crippen LogP contribution >= 0.6 is 23.2 Å². The van der Waals surface area contributed by atoms with E-state index in [1.807, 2.05) is 0 Å². The summed E-state index contributed by atoms with van der Waals surface area (Å²) in [6, 6.07) is 11.6. The molecule has 0 atom stereocenters. The van der Waals surface area contributed by atoms with Crippen molar-refractivity contribution in [2.45, 2.75) is 0 Å². The molecule has 0 aliphatic heterocycles. The van der Waals surface area contributed by atoms with Gasteiger partial charge in [0.25, 0.3) is 0 Å². The van der Waals surface area contributed by atoms with Crippen LogP contribution in [0.4, 0.5) is 10.5 Å². The van der Waals surface area contributed by atoms with Gasteiger partial charge < -0.3 is 20.1 Å². The van der Waals surface area contributed by atoms with Crippen molar-refractivity contribution in [3.8, 4) is 11.5 Å². The van der Waals surface area contributed by atoms with Gasteiger partial charge in [-0.3, -0.25) is 0 Å². The standard InChI is InChI=1S/C16H16Cl2N2O3/c1-22-15-7-4-12(18)10-14(15)20-16(21)19-8-9-23-13-5-2-11(17)3-6-13/h2-7,10H,8-9H2,1H3,(H2,19,20,21).